The van der Waals surface area contributed by atoms with Crippen molar-refractivity contribution in [2.75, 3.05) is 40.9 Å². The van der Waals surface area contributed by atoms with Gasteiger partial charge < -0.3 is 28.8 Å². The quantitative estimate of drug-likeness (QED) is 0.0272. The zero-order valence-electron chi connectivity index (χ0n) is 45.0. The van der Waals surface area contributed by atoms with E-state index in [1.54, 1.807) is 6.08 Å². The summed E-state index contributed by atoms with van der Waals surface area (Å²) >= 11 is 0. The molecule has 0 aliphatic heterocycles. The second-order valence-corrected chi connectivity index (χ2v) is 20.9. The second-order valence-electron chi connectivity index (χ2n) is 19.5. The molecule has 396 valence electrons. The summed E-state index contributed by atoms with van der Waals surface area (Å²) in [6.45, 7) is 4.48. The molecule has 0 aliphatic rings. The molecule has 0 spiro atoms. The van der Waals surface area contributed by atoms with Crippen LogP contribution in [0, 0.1) is 0 Å². The largest absolute Gasteiger partial charge is 0.756 e. The van der Waals surface area contributed by atoms with Gasteiger partial charge in [-0.3, -0.25) is 9.36 Å². The van der Waals surface area contributed by atoms with Crippen LogP contribution in [0.25, 0.3) is 0 Å². The topological polar surface area (TPSA) is 108 Å². The molecule has 2 N–H and O–H groups in total. The SMILES string of the molecule is CC/C=C\C/C=C\C/C=C\C/C=C\C/C=C\C/C=C\CCCCCCC(=O)NC(COP(=O)([O-])OCC[N+](C)(C)C)C(O)/C=C/CC/C=C/CC/C=C/CCCCCCCCCCCCCCCC. The first-order chi connectivity index (χ1) is 33.5. The van der Waals surface area contributed by atoms with Crippen LogP contribution in [0.1, 0.15) is 213 Å². The number of unbranched alkanes of at least 4 members (excludes halogenated alkanes) is 20. The number of nitrogens with one attached hydrogen (secondary N) is 1. The fourth-order valence-electron chi connectivity index (χ4n) is 7.36. The lowest BCUT2D eigenvalue weighted by molar-refractivity contribution is -0.870. The van der Waals surface area contributed by atoms with Crippen LogP contribution in [0.15, 0.2) is 109 Å². The van der Waals surface area contributed by atoms with Crippen LogP contribution < -0.4 is 10.2 Å². The number of hydrogen-bond acceptors (Lipinski definition) is 6. The highest BCUT2D eigenvalue weighted by Crippen LogP contribution is 2.38. The average molecular weight is 981 g/mol. The van der Waals surface area contributed by atoms with E-state index in [0.29, 0.717) is 23.9 Å². The van der Waals surface area contributed by atoms with Crippen LogP contribution in [-0.2, 0) is 18.4 Å². The standard InChI is InChI=1S/C60H105N2O6P/c1-6-8-10-12-14-16-18-20-22-24-26-28-30-32-33-35-37-39-41-43-45-47-49-51-53-59(63)58(57-68-69(65,66)67-56-55-62(3,4)5)61-60(64)54-52-50-48-46-44-42-40-38-36-34-31-29-27-25-23-21-19-17-15-13-11-9-7-2/h9,11,15,17,21,23,27,29,34-37,40,42-43,45,51,53,58-59,63H,6-8,10,12-14,16,18-20,22,24-26,28,30-33,38-39,41,44,46-50,52,54-57H2,1-5H3,(H-,61,64,65,66)/b11-9-,17-15-,23-21-,29-27-,36-34-,37-35+,42-40-,45-43+,53-51+. The van der Waals surface area contributed by atoms with E-state index in [-0.39, 0.29) is 12.5 Å². The van der Waals surface area contributed by atoms with E-state index >= 15 is 0 Å². The third-order valence-electron chi connectivity index (χ3n) is 11.7. The molecule has 3 unspecified atom stereocenters. The van der Waals surface area contributed by atoms with Crippen molar-refractivity contribution in [2.24, 2.45) is 0 Å². The van der Waals surface area contributed by atoms with Crippen molar-refractivity contribution in [1.29, 1.82) is 0 Å². The summed E-state index contributed by atoms with van der Waals surface area (Å²) in [5.74, 6) is -0.240. The van der Waals surface area contributed by atoms with Gasteiger partial charge in [-0.25, -0.2) is 0 Å². The third-order valence-corrected chi connectivity index (χ3v) is 12.7. The molecule has 0 aliphatic carbocycles. The smallest absolute Gasteiger partial charge is 0.268 e. The number of hydrogen-bond donors (Lipinski definition) is 2. The number of carbonyl (C=O) groups excluding carboxylic acids is 1. The lowest BCUT2D eigenvalue weighted by Crippen LogP contribution is -2.45. The molecule has 69 heavy (non-hydrogen) atoms. The fourth-order valence-corrected chi connectivity index (χ4v) is 8.09. The molecule has 0 saturated heterocycles. The number of phosphoric ester groups is 1. The number of quaternary nitrogens is 1. The van der Waals surface area contributed by atoms with Crippen LogP contribution in [-0.4, -0.2) is 68.5 Å². The highest BCUT2D eigenvalue weighted by molar-refractivity contribution is 7.45. The van der Waals surface area contributed by atoms with Crippen LogP contribution in [0.3, 0.4) is 0 Å². The third kappa shape index (κ3) is 52.8. The molecule has 3 atom stereocenters. The maximum Gasteiger partial charge on any atom is 0.268 e. The Morgan fingerprint density at radius 2 is 0.899 bits per heavy atom. The van der Waals surface area contributed by atoms with Crippen LogP contribution in [0.2, 0.25) is 0 Å². The Bertz CT molecular complexity index is 1490. The summed E-state index contributed by atoms with van der Waals surface area (Å²) in [5.41, 5.74) is 0. The molecule has 0 bridgehead atoms. The first-order valence-electron chi connectivity index (χ1n) is 27.7. The molecule has 9 heteroatoms. The molecule has 0 saturated carbocycles. The van der Waals surface area contributed by atoms with Gasteiger partial charge in [0.05, 0.1) is 39.9 Å². The van der Waals surface area contributed by atoms with Gasteiger partial charge in [0.2, 0.25) is 5.91 Å². The number of rotatable bonds is 49. The Kier molecular flexibility index (Phi) is 48.1. The Hall–Kier alpha value is -2.84. The molecule has 0 aromatic heterocycles. The van der Waals surface area contributed by atoms with Crippen molar-refractivity contribution in [3.8, 4) is 0 Å². The number of amides is 1. The van der Waals surface area contributed by atoms with Gasteiger partial charge in [-0.15, -0.1) is 0 Å². The Morgan fingerprint density at radius 1 is 0.522 bits per heavy atom. The first-order valence-corrected chi connectivity index (χ1v) is 29.2. The molecular weight excluding hydrogens is 876 g/mol. The summed E-state index contributed by atoms with van der Waals surface area (Å²) in [5, 5.41) is 13.8. The van der Waals surface area contributed by atoms with Gasteiger partial charge in [0.15, 0.2) is 0 Å². The fraction of sp³-hybridized carbons (Fsp3) is 0.683. The van der Waals surface area contributed by atoms with E-state index in [0.717, 1.165) is 89.9 Å². The molecule has 8 nitrogen and oxygen atoms in total. The second kappa shape index (κ2) is 50.1. The van der Waals surface area contributed by atoms with Crippen molar-refractivity contribution in [3.05, 3.63) is 109 Å². The van der Waals surface area contributed by atoms with Crippen molar-refractivity contribution in [3.63, 3.8) is 0 Å². The van der Waals surface area contributed by atoms with Gasteiger partial charge in [-0.1, -0.05) is 220 Å². The molecule has 0 heterocycles. The summed E-state index contributed by atoms with van der Waals surface area (Å²) in [6.07, 6.45) is 73.1. The van der Waals surface area contributed by atoms with E-state index in [4.69, 9.17) is 9.05 Å². The van der Waals surface area contributed by atoms with Gasteiger partial charge in [-0.05, 0) is 96.3 Å². The maximum atomic E-state index is 12.9. The van der Waals surface area contributed by atoms with E-state index in [2.05, 4.69) is 116 Å². The Labute approximate surface area is 425 Å². The number of likely N-dealkylation sites (N-methyl/N-ethyl adjacent to an activating group) is 1. The van der Waals surface area contributed by atoms with Crippen molar-refractivity contribution in [2.45, 2.75) is 225 Å². The van der Waals surface area contributed by atoms with Gasteiger partial charge in [0.1, 0.15) is 13.2 Å². The minimum absolute atomic E-state index is 0.0206. The number of phosphoric acid groups is 1. The highest BCUT2D eigenvalue weighted by atomic mass is 31.2. The number of aliphatic hydroxyl groups is 1. The number of aliphatic hydroxyl groups excluding tert-OH is 1. The predicted molar refractivity (Wildman–Crippen MR) is 297 cm³/mol. The number of nitrogens with zero attached hydrogens (tertiary/aromatic N) is 1. The van der Waals surface area contributed by atoms with E-state index < -0.39 is 26.6 Å². The number of carbonyl (C=O) groups is 1. The van der Waals surface area contributed by atoms with E-state index in [1.165, 1.54) is 96.3 Å². The van der Waals surface area contributed by atoms with Crippen LogP contribution in [0.5, 0.6) is 0 Å². The van der Waals surface area contributed by atoms with E-state index in [1.807, 2.05) is 27.2 Å². The normalized spacial score (nSPS) is 14.8. The van der Waals surface area contributed by atoms with Gasteiger partial charge in [0, 0.05) is 6.42 Å². The summed E-state index contributed by atoms with van der Waals surface area (Å²) in [4.78, 5) is 25.5. The maximum absolute atomic E-state index is 12.9. The van der Waals surface area contributed by atoms with E-state index in [9.17, 15) is 19.4 Å². The van der Waals surface area contributed by atoms with Crippen molar-refractivity contribution < 1.29 is 32.9 Å². The minimum atomic E-state index is -4.62. The van der Waals surface area contributed by atoms with Crippen LogP contribution >= 0.6 is 7.82 Å². The molecule has 0 aromatic carbocycles. The lowest BCUT2D eigenvalue weighted by Gasteiger charge is -2.29. The first kappa shape index (κ1) is 66.2. The van der Waals surface area contributed by atoms with Gasteiger partial charge in [0.25, 0.3) is 7.82 Å². The lowest BCUT2D eigenvalue weighted by atomic mass is 10.0. The average Bonchev–Trinajstić information content (AvgIpc) is 3.31. The zero-order valence-corrected chi connectivity index (χ0v) is 45.9. The highest BCUT2D eigenvalue weighted by Gasteiger charge is 2.23. The summed E-state index contributed by atoms with van der Waals surface area (Å²) in [6, 6.07) is -0.932. The minimum Gasteiger partial charge on any atom is -0.756 e. The molecule has 0 aromatic rings. The summed E-state index contributed by atoms with van der Waals surface area (Å²) < 4.78 is 23.3. The molecular formula is C60H105N2O6P. The monoisotopic (exact) mass is 981 g/mol. The van der Waals surface area contributed by atoms with Crippen molar-refractivity contribution in [1.82, 2.24) is 5.32 Å². The Morgan fingerprint density at radius 3 is 1.35 bits per heavy atom. The zero-order chi connectivity index (χ0) is 50.6. The predicted octanol–water partition coefficient (Wildman–Crippen LogP) is 16.2. The van der Waals surface area contributed by atoms with Gasteiger partial charge in [-0.2, -0.15) is 0 Å². The van der Waals surface area contributed by atoms with Crippen LogP contribution in [0.4, 0.5) is 0 Å². The molecule has 0 rings (SSSR count). The van der Waals surface area contributed by atoms with Crippen molar-refractivity contribution >= 4 is 13.7 Å². The molecule has 1 amide bonds. The summed E-state index contributed by atoms with van der Waals surface area (Å²) in [7, 11) is 1.20. The Balaban J connectivity index is 4.42. The van der Waals surface area contributed by atoms with Gasteiger partial charge >= 0.3 is 0 Å². The molecule has 0 fully saturated rings. The molecule has 0 radical (unpaired) electrons. The number of allylic oxidation sites excluding steroid dienone is 17.